The molecule has 0 saturated carbocycles. The zero-order chi connectivity index (χ0) is 18.4. The first kappa shape index (κ1) is 18.0. The number of carbonyl (C=O) groups is 1. The molecule has 3 aromatic rings. The summed E-state index contributed by atoms with van der Waals surface area (Å²) < 4.78 is 4.96. The van der Waals surface area contributed by atoms with Gasteiger partial charge in [-0.2, -0.15) is 0 Å². The number of rotatable bonds is 7. The van der Waals surface area contributed by atoms with E-state index in [1.54, 1.807) is 7.11 Å². The molecule has 1 heterocycles. The summed E-state index contributed by atoms with van der Waals surface area (Å²) in [6.45, 7) is 3.59. The SMILES string of the molecule is COCCNC(=O)NCC(c1cccc(C)c1)c1c[nH]c2ccccc12. The number of aromatic nitrogens is 1. The summed E-state index contributed by atoms with van der Waals surface area (Å²) in [7, 11) is 1.62. The van der Waals surface area contributed by atoms with Crippen LogP contribution in [0.2, 0.25) is 0 Å². The maximum Gasteiger partial charge on any atom is 0.314 e. The molecule has 1 unspecified atom stereocenters. The summed E-state index contributed by atoms with van der Waals surface area (Å²) in [6, 6.07) is 16.5. The van der Waals surface area contributed by atoms with Gasteiger partial charge >= 0.3 is 6.03 Å². The molecule has 0 fully saturated rings. The number of ether oxygens (including phenoxy) is 1. The van der Waals surface area contributed by atoms with Gasteiger partial charge in [-0.15, -0.1) is 0 Å². The largest absolute Gasteiger partial charge is 0.383 e. The minimum absolute atomic E-state index is 0.0687. The van der Waals surface area contributed by atoms with Gasteiger partial charge in [0.15, 0.2) is 0 Å². The third kappa shape index (κ3) is 4.24. The third-order valence-corrected chi connectivity index (χ3v) is 4.50. The van der Waals surface area contributed by atoms with Crippen LogP contribution in [-0.4, -0.2) is 37.8 Å². The molecule has 2 amide bonds. The first-order valence-corrected chi connectivity index (χ1v) is 8.82. The Hall–Kier alpha value is -2.79. The van der Waals surface area contributed by atoms with E-state index in [0.717, 1.165) is 5.52 Å². The number of fused-ring (bicyclic) bond motifs is 1. The molecule has 0 radical (unpaired) electrons. The fourth-order valence-electron chi connectivity index (χ4n) is 3.20. The van der Waals surface area contributed by atoms with Gasteiger partial charge in [-0.25, -0.2) is 4.79 Å². The van der Waals surface area contributed by atoms with E-state index in [-0.39, 0.29) is 11.9 Å². The molecule has 26 heavy (non-hydrogen) atoms. The van der Waals surface area contributed by atoms with E-state index >= 15 is 0 Å². The van der Waals surface area contributed by atoms with Crippen molar-refractivity contribution < 1.29 is 9.53 Å². The van der Waals surface area contributed by atoms with E-state index in [1.165, 1.54) is 22.1 Å². The van der Waals surface area contributed by atoms with Crippen LogP contribution in [0, 0.1) is 6.92 Å². The Balaban J connectivity index is 1.84. The molecule has 3 N–H and O–H groups in total. The summed E-state index contributed by atoms with van der Waals surface area (Å²) in [5.74, 6) is 0.0687. The van der Waals surface area contributed by atoms with Crippen LogP contribution in [0.15, 0.2) is 54.7 Å². The maximum absolute atomic E-state index is 12.1. The molecule has 5 nitrogen and oxygen atoms in total. The van der Waals surface area contributed by atoms with Crippen LogP contribution in [0.5, 0.6) is 0 Å². The second kappa shape index (κ2) is 8.54. The molecule has 5 heteroatoms. The number of hydrogen-bond donors (Lipinski definition) is 3. The van der Waals surface area contributed by atoms with E-state index in [9.17, 15) is 4.79 Å². The van der Waals surface area contributed by atoms with Gasteiger partial charge in [-0.1, -0.05) is 48.0 Å². The van der Waals surface area contributed by atoms with Crippen LogP contribution in [0.4, 0.5) is 4.79 Å². The summed E-state index contributed by atoms with van der Waals surface area (Å²) in [5.41, 5.74) is 4.68. The number of carbonyl (C=O) groups excluding carboxylic acids is 1. The van der Waals surface area contributed by atoms with Crippen molar-refractivity contribution in [1.29, 1.82) is 0 Å². The van der Waals surface area contributed by atoms with Crippen LogP contribution >= 0.6 is 0 Å². The third-order valence-electron chi connectivity index (χ3n) is 4.50. The monoisotopic (exact) mass is 351 g/mol. The lowest BCUT2D eigenvalue weighted by atomic mass is 9.90. The lowest BCUT2D eigenvalue weighted by Gasteiger charge is -2.19. The molecular weight excluding hydrogens is 326 g/mol. The van der Waals surface area contributed by atoms with Crippen molar-refractivity contribution in [2.24, 2.45) is 0 Å². The van der Waals surface area contributed by atoms with Gasteiger partial charge in [0.25, 0.3) is 0 Å². The molecule has 0 aliphatic carbocycles. The molecule has 3 rings (SSSR count). The number of methoxy groups -OCH3 is 1. The predicted molar refractivity (Wildman–Crippen MR) is 105 cm³/mol. The normalized spacial score (nSPS) is 12.1. The van der Waals surface area contributed by atoms with Gasteiger partial charge < -0.3 is 20.4 Å². The van der Waals surface area contributed by atoms with Crippen molar-refractivity contribution in [2.45, 2.75) is 12.8 Å². The fraction of sp³-hybridized carbons (Fsp3) is 0.286. The van der Waals surface area contributed by atoms with Crippen LogP contribution in [0.3, 0.4) is 0 Å². The van der Waals surface area contributed by atoms with Gasteiger partial charge in [0.05, 0.1) is 6.61 Å². The highest BCUT2D eigenvalue weighted by Crippen LogP contribution is 2.30. The Morgan fingerprint density at radius 1 is 1.15 bits per heavy atom. The first-order valence-electron chi connectivity index (χ1n) is 8.82. The Morgan fingerprint density at radius 3 is 2.81 bits per heavy atom. The summed E-state index contributed by atoms with van der Waals surface area (Å²) in [6.07, 6.45) is 2.04. The van der Waals surface area contributed by atoms with Gasteiger partial charge in [-0.3, -0.25) is 0 Å². The minimum atomic E-state index is -0.181. The van der Waals surface area contributed by atoms with E-state index < -0.39 is 0 Å². The van der Waals surface area contributed by atoms with Gasteiger partial charge in [-0.05, 0) is 24.1 Å². The molecule has 136 valence electrons. The Morgan fingerprint density at radius 2 is 2.00 bits per heavy atom. The number of amides is 2. The van der Waals surface area contributed by atoms with Gasteiger partial charge in [0.2, 0.25) is 0 Å². The second-order valence-electron chi connectivity index (χ2n) is 6.39. The molecule has 0 aliphatic heterocycles. The summed E-state index contributed by atoms with van der Waals surface area (Å²) in [5, 5.41) is 6.98. The molecular formula is C21H25N3O2. The number of benzene rings is 2. The highest BCUT2D eigenvalue weighted by atomic mass is 16.5. The van der Waals surface area contributed by atoms with Crippen LogP contribution in [0.25, 0.3) is 10.9 Å². The second-order valence-corrected chi connectivity index (χ2v) is 6.39. The molecule has 0 saturated heterocycles. The van der Waals surface area contributed by atoms with E-state index in [1.807, 2.05) is 18.3 Å². The molecule has 0 bridgehead atoms. The fourth-order valence-corrected chi connectivity index (χ4v) is 3.20. The number of urea groups is 1. The van der Waals surface area contributed by atoms with E-state index in [0.29, 0.717) is 19.7 Å². The maximum atomic E-state index is 12.1. The molecule has 2 aromatic carbocycles. The van der Waals surface area contributed by atoms with E-state index in [4.69, 9.17) is 4.74 Å². The average molecular weight is 351 g/mol. The highest BCUT2D eigenvalue weighted by molar-refractivity contribution is 5.84. The topological polar surface area (TPSA) is 66.2 Å². The van der Waals surface area contributed by atoms with Crippen LogP contribution in [-0.2, 0) is 4.74 Å². The average Bonchev–Trinajstić information content (AvgIpc) is 3.06. The lowest BCUT2D eigenvalue weighted by molar-refractivity contribution is 0.196. The lowest BCUT2D eigenvalue weighted by Crippen LogP contribution is -2.39. The number of aromatic amines is 1. The zero-order valence-corrected chi connectivity index (χ0v) is 15.2. The molecule has 0 aliphatic rings. The van der Waals surface area contributed by atoms with Crippen LogP contribution < -0.4 is 10.6 Å². The Kier molecular flexibility index (Phi) is 5.92. The van der Waals surface area contributed by atoms with Crippen molar-refractivity contribution in [1.82, 2.24) is 15.6 Å². The van der Waals surface area contributed by atoms with Gasteiger partial charge in [0.1, 0.15) is 0 Å². The molecule has 0 spiro atoms. The highest BCUT2D eigenvalue weighted by Gasteiger charge is 2.19. The van der Waals surface area contributed by atoms with Crippen molar-refractivity contribution in [3.63, 3.8) is 0 Å². The number of H-pyrrole nitrogens is 1. The number of hydrogen-bond acceptors (Lipinski definition) is 2. The smallest absolute Gasteiger partial charge is 0.314 e. The number of para-hydroxylation sites is 1. The first-order chi connectivity index (χ1) is 12.7. The Bertz CT molecular complexity index is 872. The number of aryl methyl sites for hydroxylation is 1. The standard InChI is InChI=1S/C21H25N3O2/c1-15-6-5-7-16(12-15)18(13-24-21(25)22-10-11-26-2)19-14-23-20-9-4-3-8-17(19)20/h3-9,12,14,18,23H,10-11,13H2,1-2H3,(H2,22,24,25). The Labute approximate surface area is 153 Å². The van der Waals surface area contributed by atoms with Crippen molar-refractivity contribution in [3.05, 3.63) is 71.4 Å². The van der Waals surface area contributed by atoms with Crippen molar-refractivity contribution in [2.75, 3.05) is 26.8 Å². The quantitative estimate of drug-likeness (QED) is 0.570. The summed E-state index contributed by atoms with van der Waals surface area (Å²) >= 11 is 0. The van der Waals surface area contributed by atoms with Crippen molar-refractivity contribution in [3.8, 4) is 0 Å². The predicted octanol–water partition coefficient (Wildman–Crippen LogP) is 3.55. The van der Waals surface area contributed by atoms with E-state index in [2.05, 4.69) is 58.9 Å². The summed E-state index contributed by atoms with van der Waals surface area (Å²) in [4.78, 5) is 15.4. The van der Waals surface area contributed by atoms with Gasteiger partial charge in [0, 0.05) is 43.2 Å². The number of nitrogens with one attached hydrogen (secondary N) is 3. The molecule has 1 aromatic heterocycles. The minimum Gasteiger partial charge on any atom is -0.383 e. The van der Waals surface area contributed by atoms with Crippen LogP contribution in [0.1, 0.15) is 22.6 Å². The zero-order valence-electron chi connectivity index (χ0n) is 15.2. The van der Waals surface area contributed by atoms with Crippen molar-refractivity contribution >= 4 is 16.9 Å². The molecule has 1 atom stereocenters.